The highest BCUT2D eigenvalue weighted by Crippen LogP contribution is 2.53. The normalized spacial score (nSPS) is 23.1. The third-order valence-corrected chi connectivity index (χ3v) is 8.27. The first-order chi connectivity index (χ1) is 15.0. The molecule has 1 saturated heterocycles. The number of nitrogens with zero attached hydrogens (tertiary/aromatic N) is 1. The quantitative estimate of drug-likeness (QED) is 0.462. The number of aryl methyl sites for hydroxylation is 1. The highest BCUT2D eigenvalue weighted by atomic mass is 15.1. The van der Waals surface area contributed by atoms with Crippen LogP contribution in [0.1, 0.15) is 87.0 Å². The zero-order valence-electron chi connectivity index (χ0n) is 20.0. The van der Waals surface area contributed by atoms with Crippen LogP contribution in [0.25, 0.3) is 5.70 Å². The fourth-order valence-electron chi connectivity index (χ4n) is 6.67. The summed E-state index contributed by atoms with van der Waals surface area (Å²) in [4.78, 5) is 2.58. The van der Waals surface area contributed by atoms with Gasteiger partial charge in [0.15, 0.2) is 0 Å². The molecule has 1 nitrogen and oxygen atoms in total. The fourth-order valence-corrected chi connectivity index (χ4v) is 6.67. The zero-order chi connectivity index (χ0) is 21.8. The number of hydrogen-bond acceptors (Lipinski definition) is 1. The van der Waals surface area contributed by atoms with Crippen LogP contribution < -0.4 is 0 Å². The maximum Gasteiger partial charge on any atom is 0.0369 e. The van der Waals surface area contributed by atoms with Gasteiger partial charge in [-0.25, -0.2) is 0 Å². The minimum Gasteiger partial charge on any atom is -0.371 e. The summed E-state index contributed by atoms with van der Waals surface area (Å²) >= 11 is 0. The van der Waals surface area contributed by atoms with E-state index in [9.17, 15) is 0 Å². The largest absolute Gasteiger partial charge is 0.371 e. The van der Waals surface area contributed by atoms with E-state index in [4.69, 9.17) is 0 Å². The summed E-state index contributed by atoms with van der Waals surface area (Å²) in [6, 6.07) is 18.1. The monoisotopic (exact) mass is 415 g/mol. The van der Waals surface area contributed by atoms with Gasteiger partial charge in [-0.3, -0.25) is 0 Å². The molecule has 0 N–H and O–H groups in total. The molecule has 0 radical (unpaired) electrons. The van der Waals surface area contributed by atoms with E-state index < -0.39 is 0 Å². The Morgan fingerprint density at radius 2 is 1.74 bits per heavy atom. The first-order valence-corrected chi connectivity index (χ1v) is 12.6. The van der Waals surface area contributed by atoms with Gasteiger partial charge in [0, 0.05) is 24.4 Å². The van der Waals surface area contributed by atoms with Gasteiger partial charge in [0.25, 0.3) is 0 Å². The van der Waals surface area contributed by atoms with E-state index in [1.165, 1.54) is 67.3 Å². The molecular weight excluding hydrogens is 374 g/mol. The molecule has 2 fully saturated rings. The standard InChI is InChI=1S/C30H41N/c1-5-11-25-20-27(26-13-8-7-9-14-26)22-30(21-25)16-18-31(19-17-30)24(4)29-15-10-12-23(3)28(29)6-2/h7-10,12-15,25,27H,4-6,11,16-22H2,1-3H3. The molecule has 2 atom stereocenters. The summed E-state index contributed by atoms with van der Waals surface area (Å²) in [5, 5.41) is 0. The third-order valence-electron chi connectivity index (χ3n) is 8.27. The van der Waals surface area contributed by atoms with Crippen LogP contribution in [0.2, 0.25) is 0 Å². The van der Waals surface area contributed by atoms with Crippen LogP contribution in [-0.4, -0.2) is 18.0 Å². The predicted molar refractivity (Wildman–Crippen MR) is 134 cm³/mol. The van der Waals surface area contributed by atoms with E-state index in [0.717, 1.165) is 31.3 Å². The molecule has 2 aliphatic rings. The Morgan fingerprint density at radius 3 is 2.42 bits per heavy atom. The molecule has 2 aromatic rings. The first-order valence-electron chi connectivity index (χ1n) is 12.6. The molecule has 1 heteroatoms. The van der Waals surface area contributed by atoms with Crippen LogP contribution in [0.4, 0.5) is 0 Å². The molecule has 0 bridgehead atoms. The molecule has 0 aromatic heterocycles. The topological polar surface area (TPSA) is 3.24 Å². The second kappa shape index (κ2) is 9.63. The lowest BCUT2D eigenvalue weighted by Gasteiger charge is -2.50. The molecule has 1 aliphatic carbocycles. The first kappa shape index (κ1) is 22.2. The SMILES string of the molecule is C=C(c1cccc(C)c1CC)N1CCC2(CC1)CC(CCC)CC(c1ccccc1)C2. The molecule has 0 amide bonds. The van der Waals surface area contributed by atoms with E-state index >= 15 is 0 Å². The number of benzene rings is 2. The maximum atomic E-state index is 4.56. The van der Waals surface area contributed by atoms with Gasteiger partial charge in [0.05, 0.1) is 0 Å². The van der Waals surface area contributed by atoms with Crippen molar-refractivity contribution in [2.24, 2.45) is 11.3 Å². The van der Waals surface area contributed by atoms with Crippen molar-refractivity contribution in [2.45, 2.75) is 78.1 Å². The molecular formula is C30H41N. The van der Waals surface area contributed by atoms with Gasteiger partial charge in [0.1, 0.15) is 0 Å². The van der Waals surface area contributed by atoms with Crippen molar-refractivity contribution in [2.75, 3.05) is 13.1 Å². The van der Waals surface area contributed by atoms with Crippen LogP contribution in [0.3, 0.4) is 0 Å². The van der Waals surface area contributed by atoms with Gasteiger partial charge in [-0.05, 0) is 79.4 Å². The highest BCUT2D eigenvalue weighted by Gasteiger charge is 2.42. The van der Waals surface area contributed by atoms with Crippen LogP contribution in [-0.2, 0) is 6.42 Å². The summed E-state index contributed by atoms with van der Waals surface area (Å²) in [6.07, 6.45) is 10.6. The average molecular weight is 416 g/mol. The summed E-state index contributed by atoms with van der Waals surface area (Å²) in [5.41, 5.74) is 7.58. The van der Waals surface area contributed by atoms with E-state index in [2.05, 4.69) is 80.8 Å². The van der Waals surface area contributed by atoms with Gasteiger partial charge in [0.2, 0.25) is 0 Å². The second-order valence-corrected chi connectivity index (χ2v) is 10.3. The molecule has 31 heavy (non-hydrogen) atoms. The van der Waals surface area contributed by atoms with Gasteiger partial charge in [-0.2, -0.15) is 0 Å². The van der Waals surface area contributed by atoms with E-state index in [1.807, 2.05) is 0 Å². The predicted octanol–water partition coefficient (Wildman–Crippen LogP) is 7.99. The van der Waals surface area contributed by atoms with E-state index in [0.29, 0.717) is 5.41 Å². The van der Waals surface area contributed by atoms with Crippen molar-refractivity contribution in [1.82, 2.24) is 4.90 Å². The molecule has 1 saturated carbocycles. The lowest BCUT2D eigenvalue weighted by molar-refractivity contribution is 0.0510. The Bertz CT molecular complexity index is 873. The lowest BCUT2D eigenvalue weighted by atomic mass is 9.59. The van der Waals surface area contributed by atoms with E-state index in [-0.39, 0.29) is 0 Å². The van der Waals surface area contributed by atoms with Crippen molar-refractivity contribution in [1.29, 1.82) is 0 Å². The van der Waals surface area contributed by atoms with Crippen molar-refractivity contribution >= 4 is 5.70 Å². The maximum absolute atomic E-state index is 4.56. The minimum atomic E-state index is 0.523. The van der Waals surface area contributed by atoms with Crippen molar-refractivity contribution < 1.29 is 0 Å². The van der Waals surface area contributed by atoms with Crippen LogP contribution >= 0.6 is 0 Å². The molecule has 1 spiro atoms. The number of piperidine rings is 1. The number of hydrogen-bond donors (Lipinski definition) is 0. The molecule has 1 heterocycles. The fraction of sp³-hybridized carbons (Fsp3) is 0.533. The Hall–Kier alpha value is -2.02. The van der Waals surface area contributed by atoms with Crippen molar-refractivity contribution in [3.05, 3.63) is 77.4 Å². The van der Waals surface area contributed by atoms with Crippen LogP contribution in [0.15, 0.2) is 55.1 Å². The van der Waals surface area contributed by atoms with Crippen LogP contribution in [0, 0.1) is 18.3 Å². The molecule has 2 unspecified atom stereocenters. The molecule has 2 aromatic carbocycles. The number of rotatable bonds is 6. The third kappa shape index (κ3) is 4.76. The average Bonchev–Trinajstić information content (AvgIpc) is 2.79. The lowest BCUT2D eigenvalue weighted by Crippen LogP contribution is -2.43. The summed E-state index contributed by atoms with van der Waals surface area (Å²) < 4.78 is 0. The smallest absolute Gasteiger partial charge is 0.0369 e. The van der Waals surface area contributed by atoms with Crippen molar-refractivity contribution in [3.8, 4) is 0 Å². The zero-order valence-corrected chi connectivity index (χ0v) is 20.0. The summed E-state index contributed by atoms with van der Waals surface area (Å²) in [6.45, 7) is 13.8. The Kier molecular flexibility index (Phi) is 6.89. The Balaban J connectivity index is 1.49. The van der Waals surface area contributed by atoms with Gasteiger partial charge in [-0.1, -0.05) is 81.8 Å². The minimum absolute atomic E-state index is 0.523. The van der Waals surface area contributed by atoms with Crippen LogP contribution in [0.5, 0.6) is 0 Å². The van der Waals surface area contributed by atoms with Crippen molar-refractivity contribution in [3.63, 3.8) is 0 Å². The van der Waals surface area contributed by atoms with Gasteiger partial charge in [-0.15, -0.1) is 0 Å². The Labute approximate surface area is 190 Å². The van der Waals surface area contributed by atoms with Gasteiger partial charge >= 0.3 is 0 Å². The van der Waals surface area contributed by atoms with Gasteiger partial charge < -0.3 is 4.90 Å². The molecule has 1 aliphatic heterocycles. The molecule has 4 rings (SSSR count). The molecule has 166 valence electrons. The highest BCUT2D eigenvalue weighted by molar-refractivity contribution is 5.66. The summed E-state index contributed by atoms with van der Waals surface area (Å²) in [5.74, 6) is 1.63. The number of likely N-dealkylation sites (tertiary alicyclic amines) is 1. The second-order valence-electron chi connectivity index (χ2n) is 10.3. The summed E-state index contributed by atoms with van der Waals surface area (Å²) in [7, 11) is 0. The Morgan fingerprint density at radius 1 is 1.00 bits per heavy atom. The van der Waals surface area contributed by atoms with E-state index in [1.54, 1.807) is 5.56 Å².